The van der Waals surface area contributed by atoms with Crippen molar-refractivity contribution in [2.75, 3.05) is 6.54 Å². The number of carbonyl (C=O) groups is 2. The minimum Gasteiger partial charge on any atom is -1.00 e. The summed E-state index contributed by atoms with van der Waals surface area (Å²) in [5.74, 6) is 0.225. The van der Waals surface area contributed by atoms with Crippen LogP contribution in [-0.2, 0) is 4.79 Å². The Morgan fingerprint density at radius 2 is 1.85 bits per heavy atom. The Bertz CT molecular complexity index is 154. The van der Waals surface area contributed by atoms with Gasteiger partial charge in [-0.05, 0) is 12.8 Å². The van der Waals surface area contributed by atoms with E-state index in [9.17, 15) is 4.79 Å². The van der Waals surface area contributed by atoms with E-state index in [2.05, 4.69) is 5.32 Å². The molecule has 1 heterocycles. The van der Waals surface area contributed by atoms with Crippen molar-refractivity contribution < 1.29 is 50.8 Å². The van der Waals surface area contributed by atoms with Crippen LogP contribution in [0.5, 0.6) is 0 Å². The van der Waals surface area contributed by atoms with Gasteiger partial charge in [0.15, 0.2) is 0 Å². The van der Waals surface area contributed by atoms with Crippen LogP contribution < -0.4 is 34.9 Å². The van der Waals surface area contributed by atoms with Crippen LogP contribution in [0.2, 0.25) is 0 Å². The monoisotopic (exact) mass is 199 g/mol. The van der Waals surface area contributed by atoms with Gasteiger partial charge < -0.3 is 17.0 Å². The summed E-state index contributed by atoms with van der Waals surface area (Å²) in [5, 5.41) is 16.8. The predicted molar refractivity (Wildman–Crippen MR) is 43.2 cm³/mol. The minimum absolute atomic E-state index is 0. The molecule has 0 aliphatic carbocycles. The molecule has 0 radical (unpaired) electrons. The molecule has 0 spiro atoms. The standard InChI is InChI=1S/C6H11NO.CH2O3.Na.H/c8-6-4-2-1-3-5-7-6;2-1(3)4;;/h1-5H2,(H,7,8);(H2,2,3,4);;/q;;+1;-1. The second-order valence-electron chi connectivity index (χ2n) is 2.44. The summed E-state index contributed by atoms with van der Waals surface area (Å²) in [4.78, 5) is 19.1. The molecule has 5 nitrogen and oxygen atoms in total. The van der Waals surface area contributed by atoms with Gasteiger partial charge in [-0.15, -0.1) is 0 Å². The molecule has 1 aliphatic heterocycles. The van der Waals surface area contributed by atoms with E-state index in [1.165, 1.54) is 6.42 Å². The zero-order valence-corrected chi connectivity index (χ0v) is 9.75. The Morgan fingerprint density at radius 3 is 2.38 bits per heavy atom. The van der Waals surface area contributed by atoms with Crippen molar-refractivity contribution >= 4 is 12.1 Å². The molecule has 0 saturated carbocycles. The van der Waals surface area contributed by atoms with Crippen molar-refractivity contribution in [2.45, 2.75) is 25.7 Å². The van der Waals surface area contributed by atoms with Gasteiger partial charge in [-0.1, -0.05) is 6.42 Å². The summed E-state index contributed by atoms with van der Waals surface area (Å²) >= 11 is 0. The normalized spacial score (nSPS) is 15.2. The summed E-state index contributed by atoms with van der Waals surface area (Å²) in [5.41, 5.74) is 0. The van der Waals surface area contributed by atoms with Gasteiger partial charge in [-0.3, -0.25) is 4.79 Å². The van der Waals surface area contributed by atoms with Crippen molar-refractivity contribution in [1.82, 2.24) is 5.32 Å². The van der Waals surface area contributed by atoms with Gasteiger partial charge in [0.25, 0.3) is 0 Å². The van der Waals surface area contributed by atoms with Gasteiger partial charge in [0, 0.05) is 13.0 Å². The summed E-state index contributed by atoms with van der Waals surface area (Å²) in [6.45, 7) is 0.888. The summed E-state index contributed by atoms with van der Waals surface area (Å²) in [6.07, 6.45) is 2.34. The summed E-state index contributed by atoms with van der Waals surface area (Å²) < 4.78 is 0. The molecule has 1 saturated heterocycles. The molecule has 13 heavy (non-hydrogen) atoms. The Balaban J connectivity index is -0.000000180. The van der Waals surface area contributed by atoms with Gasteiger partial charge in [0.1, 0.15) is 0 Å². The maximum atomic E-state index is 10.6. The van der Waals surface area contributed by atoms with Crippen molar-refractivity contribution in [2.24, 2.45) is 0 Å². The summed E-state index contributed by atoms with van der Waals surface area (Å²) in [7, 11) is 0. The van der Waals surface area contributed by atoms with Crippen LogP contribution >= 0.6 is 0 Å². The van der Waals surface area contributed by atoms with Crippen LogP contribution in [0, 0.1) is 0 Å². The summed E-state index contributed by atoms with van der Waals surface area (Å²) in [6, 6.07) is 0. The minimum atomic E-state index is -1.83. The third kappa shape index (κ3) is 14.6. The number of rotatable bonds is 0. The van der Waals surface area contributed by atoms with Gasteiger partial charge in [-0.2, -0.15) is 0 Å². The van der Waals surface area contributed by atoms with E-state index in [0.717, 1.165) is 25.8 Å². The third-order valence-corrected chi connectivity index (χ3v) is 1.40. The van der Waals surface area contributed by atoms with Crippen LogP contribution in [0.15, 0.2) is 0 Å². The first-order valence-corrected chi connectivity index (χ1v) is 3.81. The maximum Gasteiger partial charge on any atom is 1.00 e. The molecule has 72 valence electrons. The fourth-order valence-corrected chi connectivity index (χ4v) is 0.904. The van der Waals surface area contributed by atoms with Gasteiger partial charge in [0.05, 0.1) is 0 Å². The fraction of sp³-hybridized carbons (Fsp3) is 0.714. The van der Waals surface area contributed by atoms with Gasteiger partial charge >= 0.3 is 35.7 Å². The van der Waals surface area contributed by atoms with Crippen LogP contribution in [-0.4, -0.2) is 28.8 Å². The van der Waals surface area contributed by atoms with Crippen molar-refractivity contribution in [3.8, 4) is 0 Å². The molecule has 0 aromatic heterocycles. The second-order valence-corrected chi connectivity index (χ2v) is 2.44. The molecule has 1 amide bonds. The smallest absolute Gasteiger partial charge is 1.00 e. The number of hydrogen-bond acceptors (Lipinski definition) is 2. The van der Waals surface area contributed by atoms with Crippen LogP contribution in [0.4, 0.5) is 4.79 Å². The number of hydrogen-bond donors (Lipinski definition) is 3. The van der Waals surface area contributed by atoms with E-state index >= 15 is 0 Å². The Hall–Kier alpha value is -0.260. The van der Waals surface area contributed by atoms with Crippen molar-refractivity contribution in [3.63, 3.8) is 0 Å². The maximum absolute atomic E-state index is 10.6. The predicted octanol–water partition coefficient (Wildman–Crippen LogP) is -1.98. The van der Waals surface area contributed by atoms with E-state index in [4.69, 9.17) is 15.0 Å². The number of carboxylic acid groups (broad SMARTS) is 2. The average molecular weight is 199 g/mol. The Kier molecular flexibility index (Phi) is 11.5. The molecule has 1 fully saturated rings. The van der Waals surface area contributed by atoms with Crippen LogP contribution in [0.3, 0.4) is 0 Å². The first kappa shape index (κ1) is 15.2. The molecule has 0 aromatic carbocycles. The Labute approximate surface area is 100 Å². The van der Waals surface area contributed by atoms with E-state index in [1.54, 1.807) is 0 Å². The molecule has 1 aliphatic rings. The van der Waals surface area contributed by atoms with Gasteiger partial charge in [-0.25, -0.2) is 4.79 Å². The van der Waals surface area contributed by atoms with Crippen LogP contribution in [0.25, 0.3) is 0 Å². The first-order valence-electron chi connectivity index (χ1n) is 3.81. The second kappa shape index (κ2) is 9.83. The third-order valence-electron chi connectivity index (χ3n) is 1.40. The molecule has 3 N–H and O–H groups in total. The van der Waals surface area contributed by atoms with E-state index < -0.39 is 6.16 Å². The quantitative estimate of drug-likeness (QED) is 0.394. The molecular formula is C7H14NNaO4. The fourth-order valence-electron chi connectivity index (χ4n) is 0.904. The molecule has 0 unspecified atom stereocenters. The molecule has 6 heteroatoms. The SMILES string of the molecule is O=C(O)O.O=C1CCCCCN1.[H-].[Na+]. The topological polar surface area (TPSA) is 86.6 Å². The molecule has 1 rings (SSSR count). The van der Waals surface area contributed by atoms with Crippen LogP contribution in [0.1, 0.15) is 27.1 Å². The van der Waals surface area contributed by atoms with E-state index in [1.807, 2.05) is 0 Å². The van der Waals surface area contributed by atoms with E-state index in [0.29, 0.717) is 0 Å². The van der Waals surface area contributed by atoms with Crippen molar-refractivity contribution in [3.05, 3.63) is 0 Å². The molecular weight excluding hydrogens is 185 g/mol. The molecule has 0 atom stereocenters. The Morgan fingerprint density at radius 1 is 1.31 bits per heavy atom. The number of carbonyl (C=O) groups excluding carboxylic acids is 1. The average Bonchev–Trinajstić information content (AvgIpc) is 2.14. The first-order chi connectivity index (χ1) is 5.63. The number of amides is 1. The molecule has 0 bridgehead atoms. The molecule has 0 aromatic rings. The van der Waals surface area contributed by atoms with Crippen molar-refractivity contribution in [1.29, 1.82) is 0 Å². The zero-order chi connectivity index (χ0) is 9.40. The van der Waals surface area contributed by atoms with E-state index in [-0.39, 0.29) is 36.9 Å². The zero-order valence-electron chi connectivity index (χ0n) is 8.75. The largest absolute Gasteiger partial charge is 1.00 e. The number of nitrogens with one attached hydrogen (secondary N) is 1. The van der Waals surface area contributed by atoms with Gasteiger partial charge in [0.2, 0.25) is 5.91 Å².